The first-order valence-corrected chi connectivity index (χ1v) is 3.61. The summed E-state index contributed by atoms with van der Waals surface area (Å²) in [5, 5.41) is 0. The zero-order valence-electron chi connectivity index (χ0n) is 6.27. The number of aromatic amines is 1. The van der Waals surface area contributed by atoms with E-state index in [1.807, 2.05) is 7.05 Å². The normalized spacial score (nSPS) is 11.8. The van der Waals surface area contributed by atoms with E-state index < -0.39 is 0 Å². The summed E-state index contributed by atoms with van der Waals surface area (Å²) in [5.74, 6) is 0.887. The van der Waals surface area contributed by atoms with Gasteiger partial charge in [0.05, 0.1) is 7.05 Å². The number of hydrogen-bond donors (Lipinski definition) is 1. The number of H-pyrrole nitrogens is 1. The van der Waals surface area contributed by atoms with E-state index in [-0.39, 0.29) is 0 Å². The molecule has 0 aliphatic rings. The van der Waals surface area contributed by atoms with E-state index in [0.29, 0.717) is 0 Å². The molecular formula is C7H11N2O+. The number of rotatable bonds is 2. The third-order valence-electron chi connectivity index (χ3n) is 1.88. The zero-order chi connectivity index (χ0) is 7.14. The molecule has 0 saturated carbocycles. The van der Waals surface area contributed by atoms with E-state index in [1.165, 1.54) is 12.1 Å². The lowest BCUT2D eigenvalue weighted by atomic mass is 10.3. The van der Waals surface area contributed by atoms with Gasteiger partial charge in [0.25, 0.3) is 0 Å². The molecule has 0 saturated heterocycles. The van der Waals surface area contributed by atoms with E-state index in [2.05, 4.69) is 16.5 Å². The highest BCUT2D eigenvalue weighted by molar-refractivity contribution is 5.47. The molecule has 0 aliphatic carbocycles. The summed E-state index contributed by atoms with van der Waals surface area (Å²) >= 11 is 0. The maximum Gasteiger partial charge on any atom is 0.465 e. The molecule has 0 amide bonds. The summed E-state index contributed by atoms with van der Waals surface area (Å²) < 4.78 is 7.31. The molecule has 0 spiro atoms. The van der Waals surface area contributed by atoms with Crippen LogP contribution in [0.3, 0.4) is 0 Å². The third kappa shape index (κ3) is 0.523. The Morgan fingerprint density at radius 3 is 2.70 bits per heavy atom. The van der Waals surface area contributed by atoms with Crippen molar-refractivity contribution in [2.45, 2.75) is 19.8 Å². The van der Waals surface area contributed by atoms with Gasteiger partial charge in [-0.15, -0.1) is 0 Å². The lowest BCUT2D eigenvalue weighted by Gasteiger charge is -1.85. The fourth-order valence-corrected chi connectivity index (χ4v) is 1.27. The summed E-state index contributed by atoms with van der Waals surface area (Å²) in [6.45, 7) is 2.17. The van der Waals surface area contributed by atoms with Crippen molar-refractivity contribution in [2.75, 3.05) is 0 Å². The van der Waals surface area contributed by atoms with Gasteiger partial charge in [0, 0.05) is 6.42 Å². The van der Waals surface area contributed by atoms with Crippen molar-refractivity contribution in [1.82, 2.24) is 4.98 Å². The van der Waals surface area contributed by atoms with Crippen molar-refractivity contribution in [3.8, 4) is 0 Å². The van der Waals surface area contributed by atoms with Gasteiger partial charge in [0.15, 0.2) is 5.69 Å². The Bertz CT molecular complexity index is 305. The van der Waals surface area contributed by atoms with Gasteiger partial charge in [0.2, 0.25) is 0 Å². The van der Waals surface area contributed by atoms with Crippen molar-refractivity contribution < 1.29 is 8.98 Å². The first-order chi connectivity index (χ1) is 4.83. The third-order valence-corrected chi connectivity index (χ3v) is 1.88. The van der Waals surface area contributed by atoms with Gasteiger partial charge in [-0.25, -0.2) is 0 Å². The van der Waals surface area contributed by atoms with Crippen LogP contribution in [0.2, 0.25) is 0 Å². The van der Waals surface area contributed by atoms with Crippen molar-refractivity contribution >= 4 is 11.6 Å². The summed E-state index contributed by atoms with van der Waals surface area (Å²) in [6, 6.07) is 0. The molecule has 2 bridgehead atoms. The SMILES string of the molecule is CCCc1c2[nH]c(o2)[n+]1C. The Hall–Kier alpha value is -0.990. The largest absolute Gasteiger partial charge is 0.465 e. The van der Waals surface area contributed by atoms with Crippen LogP contribution in [0, 0.1) is 0 Å². The monoisotopic (exact) mass is 139 g/mol. The molecule has 3 rings (SSSR count). The predicted molar refractivity (Wildman–Crippen MR) is 36.9 cm³/mol. The van der Waals surface area contributed by atoms with Crippen LogP contribution in [0.15, 0.2) is 4.42 Å². The van der Waals surface area contributed by atoms with E-state index in [4.69, 9.17) is 4.42 Å². The van der Waals surface area contributed by atoms with Gasteiger partial charge in [-0.3, -0.25) is 0 Å². The molecular weight excluding hydrogens is 128 g/mol. The molecule has 3 aromatic rings. The molecule has 0 fully saturated rings. The minimum atomic E-state index is 0.887. The second-order valence-corrected chi connectivity index (χ2v) is 2.62. The average molecular weight is 139 g/mol. The summed E-state index contributed by atoms with van der Waals surface area (Å²) in [4.78, 5) is 3.10. The number of aryl methyl sites for hydroxylation is 2. The number of nitrogens with one attached hydrogen (secondary N) is 1. The summed E-state index contributed by atoms with van der Waals surface area (Å²) in [7, 11) is 2.02. The molecule has 3 nitrogen and oxygen atoms in total. The molecule has 0 unspecified atom stereocenters. The maximum absolute atomic E-state index is 5.24. The Morgan fingerprint density at radius 2 is 2.30 bits per heavy atom. The Morgan fingerprint density at radius 1 is 1.60 bits per heavy atom. The van der Waals surface area contributed by atoms with Gasteiger partial charge in [-0.1, -0.05) is 6.92 Å². The molecule has 10 heavy (non-hydrogen) atoms. The highest BCUT2D eigenvalue weighted by Gasteiger charge is 2.24. The lowest BCUT2D eigenvalue weighted by Crippen LogP contribution is -2.29. The van der Waals surface area contributed by atoms with Crippen LogP contribution < -0.4 is 4.57 Å². The minimum absolute atomic E-state index is 0.887. The van der Waals surface area contributed by atoms with Gasteiger partial charge in [-0.05, 0) is 6.42 Å². The van der Waals surface area contributed by atoms with Crippen LogP contribution in [0.4, 0.5) is 0 Å². The van der Waals surface area contributed by atoms with Gasteiger partial charge >= 0.3 is 11.6 Å². The topological polar surface area (TPSA) is 32.8 Å². The van der Waals surface area contributed by atoms with Crippen molar-refractivity contribution in [3.05, 3.63) is 5.69 Å². The average Bonchev–Trinajstić information content (AvgIpc) is 2.20. The second kappa shape index (κ2) is 1.75. The van der Waals surface area contributed by atoms with Crippen molar-refractivity contribution in [1.29, 1.82) is 0 Å². The molecule has 1 N–H and O–H groups in total. The summed E-state index contributed by atoms with van der Waals surface area (Å²) in [5.41, 5.74) is 2.25. The Labute approximate surface area is 59.0 Å². The standard InChI is InChI=1S/C7H10N2O/c1-3-4-5-6-8-7(10-6)9(5)2/h3-4H2,1-2H3/p+1. The molecule has 3 heteroatoms. The van der Waals surface area contributed by atoms with Gasteiger partial charge in [-0.2, -0.15) is 9.55 Å². The molecule has 3 aromatic heterocycles. The van der Waals surface area contributed by atoms with E-state index in [0.717, 1.165) is 18.0 Å². The zero-order valence-corrected chi connectivity index (χ0v) is 6.27. The van der Waals surface area contributed by atoms with Gasteiger partial charge < -0.3 is 4.42 Å². The second-order valence-electron chi connectivity index (χ2n) is 2.62. The highest BCUT2D eigenvalue weighted by Crippen LogP contribution is 2.15. The summed E-state index contributed by atoms with van der Waals surface area (Å²) in [6.07, 6.45) is 2.27. The van der Waals surface area contributed by atoms with Crippen LogP contribution in [0.5, 0.6) is 0 Å². The maximum atomic E-state index is 5.24. The van der Waals surface area contributed by atoms with Crippen LogP contribution in [0.25, 0.3) is 11.6 Å². The van der Waals surface area contributed by atoms with Gasteiger partial charge in [0.1, 0.15) is 0 Å². The molecule has 54 valence electrons. The number of hydrogen-bond acceptors (Lipinski definition) is 1. The number of imidazole rings is 1. The molecule has 0 aliphatic heterocycles. The van der Waals surface area contributed by atoms with Crippen LogP contribution in [-0.2, 0) is 13.5 Å². The van der Waals surface area contributed by atoms with Crippen LogP contribution >= 0.6 is 0 Å². The van der Waals surface area contributed by atoms with E-state index in [1.54, 1.807) is 0 Å². The molecule has 0 radical (unpaired) electrons. The number of fused-ring (bicyclic) bond motifs is 1. The van der Waals surface area contributed by atoms with E-state index in [9.17, 15) is 0 Å². The molecule has 3 heterocycles. The minimum Gasteiger partial charge on any atom is -0.350 e. The molecule has 0 aromatic carbocycles. The number of oxazole rings is 1. The smallest absolute Gasteiger partial charge is 0.350 e. The van der Waals surface area contributed by atoms with Crippen LogP contribution in [-0.4, -0.2) is 4.98 Å². The first-order valence-electron chi connectivity index (χ1n) is 3.61. The fourth-order valence-electron chi connectivity index (χ4n) is 1.27. The van der Waals surface area contributed by atoms with Crippen molar-refractivity contribution in [3.63, 3.8) is 0 Å². The number of nitrogens with zero attached hydrogens (tertiary/aromatic N) is 1. The quantitative estimate of drug-likeness (QED) is 0.618. The first kappa shape index (κ1) is 5.77. The predicted octanol–water partition coefficient (Wildman–Crippen LogP) is 0.976. The van der Waals surface area contributed by atoms with E-state index >= 15 is 0 Å². The Balaban J connectivity index is 2.43. The van der Waals surface area contributed by atoms with Crippen LogP contribution in [0.1, 0.15) is 19.0 Å². The lowest BCUT2D eigenvalue weighted by molar-refractivity contribution is -0.654. The highest BCUT2D eigenvalue weighted by atomic mass is 16.4. The Kier molecular flexibility index (Phi) is 1.01. The fraction of sp³-hybridized carbons (Fsp3) is 0.571. The molecule has 0 atom stereocenters. The number of aromatic nitrogens is 2. The van der Waals surface area contributed by atoms with Crippen molar-refractivity contribution in [2.24, 2.45) is 7.05 Å².